The number of anilines is 2. The maximum atomic E-state index is 4.52. The van der Waals surface area contributed by atoms with Crippen LogP contribution in [0.2, 0.25) is 0 Å². The quantitative estimate of drug-likeness (QED) is 0.768. The van der Waals surface area contributed by atoms with Crippen LogP contribution in [0.5, 0.6) is 0 Å². The molecule has 0 spiro atoms. The molecule has 0 saturated heterocycles. The van der Waals surface area contributed by atoms with Crippen molar-refractivity contribution in [2.24, 2.45) is 0 Å². The first-order valence-electron chi connectivity index (χ1n) is 6.86. The van der Waals surface area contributed by atoms with E-state index in [1.165, 1.54) is 5.56 Å². The molecule has 0 amide bonds. The Hall–Kier alpha value is -2.69. The van der Waals surface area contributed by atoms with Gasteiger partial charge in [-0.15, -0.1) is 0 Å². The predicted octanol–water partition coefficient (Wildman–Crippen LogP) is 2.99. The second kappa shape index (κ2) is 5.75. The summed E-state index contributed by atoms with van der Waals surface area (Å²) in [5.74, 6) is 1.45. The summed E-state index contributed by atoms with van der Waals surface area (Å²) >= 11 is 0. The molecule has 21 heavy (non-hydrogen) atoms. The number of pyridine rings is 1. The zero-order valence-corrected chi connectivity index (χ0v) is 12.1. The summed E-state index contributed by atoms with van der Waals surface area (Å²) in [6, 6.07) is 10.0. The van der Waals surface area contributed by atoms with Gasteiger partial charge in [-0.2, -0.15) is 4.98 Å². The van der Waals surface area contributed by atoms with E-state index in [4.69, 9.17) is 0 Å². The molecule has 3 aromatic rings. The molecule has 0 unspecified atom stereocenters. The monoisotopic (exact) mass is 279 g/mol. The van der Waals surface area contributed by atoms with Crippen LogP contribution in [0.3, 0.4) is 0 Å². The van der Waals surface area contributed by atoms with Gasteiger partial charge in [0.25, 0.3) is 0 Å². The molecule has 0 aliphatic rings. The summed E-state index contributed by atoms with van der Waals surface area (Å²) in [6.45, 7) is 2.76. The first kappa shape index (κ1) is 13.3. The zero-order valence-electron chi connectivity index (χ0n) is 12.1. The van der Waals surface area contributed by atoms with Crippen molar-refractivity contribution in [3.63, 3.8) is 0 Å². The van der Waals surface area contributed by atoms with Crippen LogP contribution in [0.1, 0.15) is 11.1 Å². The van der Waals surface area contributed by atoms with Crippen LogP contribution >= 0.6 is 0 Å². The molecule has 2 heterocycles. The molecule has 3 rings (SSSR count). The normalized spacial score (nSPS) is 10.6. The molecule has 0 aliphatic carbocycles. The van der Waals surface area contributed by atoms with Crippen molar-refractivity contribution in [3.8, 4) is 0 Å². The van der Waals surface area contributed by atoms with E-state index in [0.717, 1.165) is 22.3 Å². The van der Waals surface area contributed by atoms with E-state index in [1.54, 1.807) is 6.20 Å². The van der Waals surface area contributed by atoms with Crippen molar-refractivity contribution >= 4 is 22.7 Å². The molecule has 5 nitrogen and oxygen atoms in total. The van der Waals surface area contributed by atoms with Gasteiger partial charge in [-0.25, -0.2) is 4.98 Å². The highest BCUT2D eigenvalue weighted by molar-refractivity contribution is 5.89. The van der Waals surface area contributed by atoms with E-state index >= 15 is 0 Å². The largest absolute Gasteiger partial charge is 0.365 e. The number of para-hydroxylation sites is 1. The third-order valence-electron chi connectivity index (χ3n) is 3.41. The number of hydrogen-bond acceptors (Lipinski definition) is 5. The van der Waals surface area contributed by atoms with Gasteiger partial charge in [0.1, 0.15) is 5.82 Å². The molecule has 5 heteroatoms. The number of nitrogens with zero attached hydrogens (tertiary/aromatic N) is 3. The van der Waals surface area contributed by atoms with E-state index in [1.807, 2.05) is 43.6 Å². The summed E-state index contributed by atoms with van der Waals surface area (Å²) in [5.41, 5.74) is 3.29. The van der Waals surface area contributed by atoms with Crippen molar-refractivity contribution in [3.05, 3.63) is 53.9 Å². The van der Waals surface area contributed by atoms with Crippen LogP contribution < -0.4 is 10.6 Å². The fourth-order valence-electron chi connectivity index (χ4n) is 2.20. The van der Waals surface area contributed by atoms with Crippen molar-refractivity contribution in [1.29, 1.82) is 0 Å². The Bertz CT molecular complexity index is 769. The number of nitrogens with one attached hydrogen (secondary N) is 2. The minimum absolute atomic E-state index is 0.614. The molecular formula is C16H17N5. The lowest BCUT2D eigenvalue weighted by Gasteiger charge is -2.11. The Morgan fingerprint density at radius 3 is 2.76 bits per heavy atom. The molecule has 106 valence electrons. The van der Waals surface area contributed by atoms with Crippen molar-refractivity contribution < 1.29 is 0 Å². The van der Waals surface area contributed by atoms with E-state index in [-0.39, 0.29) is 0 Å². The fourth-order valence-corrected chi connectivity index (χ4v) is 2.20. The van der Waals surface area contributed by atoms with Gasteiger partial charge in [-0.3, -0.25) is 4.98 Å². The predicted molar refractivity (Wildman–Crippen MR) is 85.4 cm³/mol. The number of aryl methyl sites for hydroxylation is 1. The number of fused-ring (bicyclic) bond motifs is 1. The van der Waals surface area contributed by atoms with Gasteiger partial charge in [-0.1, -0.05) is 12.1 Å². The van der Waals surface area contributed by atoms with Crippen molar-refractivity contribution in [1.82, 2.24) is 15.0 Å². The minimum atomic E-state index is 0.614. The molecule has 1 aromatic carbocycles. The van der Waals surface area contributed by atoms with E-state index in [2.05, 4.69) is 32.5 Å². The first-order valence-corrected chi connectivity index (χ1v) is 6.86. The maximum Gasteiger partial charge on any atom is 0.224 e. The van der Waals surface area contributed by atoms with E-state index < -0.39 is 0 Å². The molecular weight excluding hydrogens is 262 g/mol. The van der Waals surface area contributed by atoms with Gasteiger partial charge in [0.05, 0.1) is 5.52 Å². The Kier molecular flexibility index (Phi) is 3.64. The highest BCUT2D eigenvalue weighted by atomic mass is 15.1. The van der Waals surface area contributed by atoms with Gasteiger partial charge >= 0.3 is 0 Å². The van der Waals surface area contributed by atoms with Crippen LogP contribution in [0.15, 0.2) is 42.7 Å². The highest BCUT2D eigenvalue weighted by Gasteiger charge is 2.07. The molecule has 0 fully saturated rings. The molecule has 0 atom stereocenters. The molecule has 2 N–H and O–H groups in total. The second-order valence-electron chi connectivity index (χ2n) is 4.82. The molecule has 0 bridgehead atoms. The minimum Gasteiger partial charge on any atom is -0.365 e. The number of benzene rings is 1. The second-order valence-corrected chi connectivity index (χ2v) is 4.82. The summed E-state index contributed by atoms with van der Waals surface area (Å²) in [5, 5.41) is 7.41. The van der Waals surface area contributed by atoms with Crippen LogP contribution in [-0.2, 0) is 6.54 Å². The third kappa shape index (κ3) is 2.76. The van der Waals surface area contributed by atoms with Gasteiger partial charge in [0.2, 0.25) is 5.95 Å². The SMILES string of the molecule is CNc1nc(NCc2ccncc2C)c2ccccc2n1. The van der Waals surface area contributed by atoms with Crippen molar-refractivity contribution in [2.75, 3.05) is 17.7 Å². The lowest BCUT2D eigenvalue weighted by atomic mass is 10.1. The van der Waals surface area contributed by atoms with E-state index in [0.29, 0.717) is 12.5 Å². The van der Waals surface area contributed by atoms with Gasteiger partial charge in [-0.05, 0) is 36.2 Å². The topological polar surface area (TPSA) is 62.7 Å². The third-order valence-corrected chi connectivity index (χ3v) is 3.41. The Balaban J connectivity index is 1.94. The number of rotatable bonds is 4. The first-order chi connectivity index (χ1) is 10.3. The Morgan fingerprint density at radius 1 is 1.10 bits per heavy atom. The van der Waals surface area contributed by atoms with Gasteiger partial charge in [0, 0.05) is 31.4 Å². The maximum absolute atomic E-state index is 4.52. The van der Waals surface area contributed by atoms with Crippen LogP contribution in [0, 0.1) is 6.92 Å². The lowest BCUT2D eigenvalue weighted by molar-refractivity contribution is 1.07. The lowest BCUT2D eigenvalue weighted by Crippen LogP contribution is -2.06. The fraction of sp³-hybridized carbons (Fsp3) is 0.188. The highest BCUT2D eigenvalue weighted by Crippen LogP contribution is 2.22. The average Bonchev–Trinajstić information content (AvgIpc) is 2.53. The van der Waals surface area contributed by atoms with E-state index in [9.17, 15) is 0 Å². The Labute approximate surface area is 123 Å². The summed E-state index contributed by atoms with van der Waals surface area (Å²) in [7, 11) is 1.82. The summed E-state index contributed by atoms with van der Waals surface area (Å²) < 4.78 is 0. The average molecular weight is 279 g/mol. The van der Waals surface area contributed by atoms with Crippen LogP contribution in [0.25, 0.3) is 10.9 Å². The van der Waals surface area contributed by atoms with Crippen molar-refractivity contribution in [2.45, 2.75) is 13.5 Å². The molecule has 0 aliphatic heterocycles. The van der Waals surface area contributed by atoms with Gasteiger partial charge in [0.15, 0.2) is 0 Å². The van der Waals surface area contributed by atoms with Crippen LogP contribution in [0.4, 0.5) is 11.8 Å². The molecule has 2 aromatic heterocycles. The number of hydrogen-bond donors (Lipinski definition) is 2. The molecule has 0 saturated carbocycles. The smallest absolute Gasteiger partial charge is 0.224 e. The van der Waals surface area contributed by atoms with Crippen LogP contribution in [-0.4, -0.2) is 22.0 Å². The molecule has 0 radical (unpaired) electrons. The summed E-state index contributed by atoms with van der Waals surface area (Å²) in [4.78, 5) is 13.1. The summed E-state index contributed by atoms with van der Waals surface area (Å²) in [6.07, 6.45) is 3.68. The standard InChI is InChI=1S/C16H17N5/c1-11-9-18-8-7-12(11)10-19-15-13-5-3-4-6-14(13)20-16(17-2)21-15/h3-9H,10H2,1-2H3,(H2,17,19,20,21). The number of aromatic nitrogens is 3. The zero-order chi connectivity index (χ0) is 14.7. The van der Waals surface area contributed by atoms with Gasteiger partial charge < -0.3 is 10.6 Å². The Morgan fingerprint density at radius 2 is 1.95 bits per heavy atom.